The number of aromatic nitrogens is 2. The Morgan fingerprint density at radius 2 is 1.95 bits per heavy atom. The van der Waals surface area contributed by atoms with Gasteiger partial charge < -0.3 is 15.9 Å². The standard InChI is InChI=1S/C12H11N3O4/c1-6-2-3-7(11(16)17)4-9(6)15-10(13)8(5-14-15)12(18)19/h2-5H,13H2,1H3,(H,16,17)(H,18,19). The summed E-state index contributed by atoms with van der Waals surface area (Å²) in [5.41, 5.74) is 6.82. The van der Waals surface area contributed by atoms with Gasteiger partial charge in [0.25, 0.3) is 0 Å². The van der Waals surface area contributed by atoms with E-state index < -0.39 is 11.9 Å². The summed E-state index contributed by atoms with van der Waals surface area (Å²) >= 11 is 0. The Bertz CT molecular complexity index is 676. The lowest BCUT2D eigenvalue weighted by Gasteiger charge is -2.09. The summed E-state index contributed by atoms with van der Waals surface area (Å²) in [7, 11) is 0. The van der Waals surface area contributed by atoms with E-state index in [1.165, 1.54) is 16.8 Å². The molecule has 7 nitrogen and oxygen atoms in total. The highest BCUT2D eigenvalue weighted by molar-refractivity contribution is 5.93. The fourth-order valence-corrected chi connectivity index (χ4v) is 1.69. The van der Waals surface area contributed by atoms with E-state index in [0.717, 1.165) is 11.8 Å². The number of carboxylic acids is 2. The second-order valence-electron chi connectivity index (χ2n) is 3.97. The number of nitrogen functional groups attached to an aromatic ring is 1. The highest BCUT2D eigenvalue weighted by Crippen LogP contribution is 2.21. The van der Waals surface area contributed by atoms with E-state index in [2.05, 4.69) is 5.10 Å². The highest BCUT2D eigenvalue weighted by Gasteiger charge is 2.17. The van der Waals surface area contributed by atoms with E-state index in [0.29, 0.717) is 5.69 Å². The van der Waals surface area contributed by atoms with Gasteiger partial charge in [-0.3, -0.25) is 0 Å². The molecule has 1 aromatic carbocycles. The SMILES string of the molecule is Cc1ccc(C(=O)O)cc1-n1ncc(C(=O)O)c1N. The van der Waals surface area contributed by atoms with Crippen molar-refractivity contribution in [3.63, 3.8) is 0 Å². The average Bonchev–Trinajstić information content (AvgIpc) is 2.71. The molecule has 7 heteroatoms. The van der Waals surface area contributed by atoms with E-state index in [1.807, 2.05) is 0 Å². The molecule has 2 rings (SSSR count). The number of aromatic carboxylic acids is 2. The van der Waals surface area contributed by atoms with Gasteiger partial charge in [-0.1, -0.05) is 6.07 Å². The van der Waals surface area contributed by atoms with Gasteiger partial charge in [0, 0.05) is 0 Å². The van der Waals surface area contributed by atoms with Gasteiger partial charge in [-0.25, -0.2) is 14.3 Å². The van der Waals surface area contributed by atoms with Crippen LogP contribution in [-0.2, 0) is 0 Å². The Morgan fingerprint density at radius 3 is 2.47 bits per heavy atom. The third-order valence-corrected chi connectivity index (χ3v) is 2.72. The van der Waals surface area contributed by atoms with Crippen molar-refractivity contribution in [3.8, 4) is 5.69 Å². The Kier molecular flexibility index (Phi) is 2.95. The molecule has 1 aromatic heterocycles. The van der Waals surface area contributed by atoms with E-state index in [4.69, 9.17) is 15.9 Å². The molecule has 0 amide bonds. The van der Waals surface area contributed by atoms with Crippen LogP contribution in [0, 0.1) is 6.92 Å². The first-order chi connectivity index (χ1) is 8.91. The molecule has 98 valence electrons. The quantitative estimate of drug-likeness (QED) is 0.762. The third-order valence-electron chi connectivity index (χ3n) is 2.72. The molecule has 0 aliphatic rings. The zero-order valence-electron chi connectivity index (χ0n) is 9.99. The van der Waals surface area contributed by atoms with Crippen LogP contribution in [0.5, 0.6) is 0 Å². The van der Waals surface area contributed by atoms with Crippen LogP contribution in [-0.4, -0.2) is 31.9 Å². The van der Waals surface area contributed by atoms with Crippen molar-refractivity contribution in [2.24, 2.45) is 0 Å². The number of carboxylic acid groups (broad SMARTS) is 2. The van der Waals surface area contributed by atoms with Gasteiger partial charge in [-0.05, 0) is 24.6 Å². The number of anilines is 1. The maximum atomic E-state index is 10.9. The Hall–Kier alpha value is -2.83. The zero-order valence-corrected chi connectivity index (χ0v) is 9.99. The molecule has 0 radical (unpaired) electrons. The van der Waals surface area contributed by atoms with Crippen LogP contribution in [0.1, 0.15) is 26.3 Å². The minimum Gasteiger partial charge on any atom is -0.478 e. The molecular formula is C12H11N3O4. The van der Waals surface area contributed by atoms with Crippen molar-refractivity contribution >= 4 is 17.8 Å². The molecule has 0 atom stereocenters. The van der Waals surface area contributed by atoms with E-state index in [1.54, 1.807) is 13.0 Å². The first-order valence-corrected chi connectivity index (χ1v) is 5.33. The van der Waals surface area contributed by atoms with E-state index in [9.17, 15) is 9.59 Å². The third kappa shape index (κ3) is 2.13. The molecule has 0 unspecified atom stereocenters. The lowest BCUT2D eigenvalue weighted by atomic mass is 10.1. The van der Waals surface area contributed by atoms with Gasteiger partial charge in [0.2, 0.25) is 0 Å². The zero-order chi connectivity index (χ0) is 14.2. The summed E-state index contributed by atoms with van der Waals surface area (Å²) in [5.74, 6) is -2.31. The van der Waals surface area contributed by atoms with Crippen molar-refractivity contribution in [1.82, 2.24) is 9.78 Å². The molecule has 0 bridgehead atoms. The molecule has 4 N–H and O–H groups in total. The molecule has 19 heavy (non-hydrogen) atoms. The Balaban J connectivity index is 2.61. The second kappa shape index (κ2) is 4.45. The van der Waals surface area contributed by atoms with Gasteiger partial charge in [-0.15, -0.1) is 0 Å². The first-order valence-electron chi connectivity index (χ1n) is 5.33. The predicted octanol–water partition coefficient (Wildman–Crippen LogP) is 1.16. The van der Waals surface area contributed by atoms with Crippen LogP contribution < -0.4 is 5.73 Å². The Morgan fingerprint density at radius 1 is 1.26 bits per heavy atom. The number of hydrogen-bond acceptors (Lipinski definition) is 4. The maximum absolute atomic E-state index is 10.9. The van der Waals surface area contributed by atoms with Gasteiger partial charge in [0.1, 0.15) is 11.4 Å². The predicted molar refractivity (Wildman–Crippen MR) is 66.6 cm³/mol. The Labute approximate surface area is 107 Å². The lowest BCUT2D eigenvalue weighted by molar-refractivity contribution is 0.0686. The summed E-state index contributed by atoms with van der Waals surface area (Å²) in [5, 5.41) is 21.8. The fourth-order valence-electron chi connectivity index (χ4n) is 1.69. The van der Waals surface area contributed by atoms with Crippen molar-refractivity contribution < 1.29 is 19.8 Å². The first kappa shape index (κ1) is 12.6. The molecule has 0 aliphatic heterocycles. The number of aryl methyl sites for hydroxylation is 1. The molecule has 0 saturated carbocycles. The average molecular weight is 261 g/mol. The van der Waals surface area contributed by atoms with Gasteiger partial charge >= 0.3 is 11.9 Å². The molecule has 0 aliphatic carbocycles. The van der Waals surface area contributed by atoms with Crippen LogP contribution in [0.3, 0.4) is 0 Å². The number of rotatable bonds is 3. The lowest BCUT2D eigenvalue weighted by Crippen LogP contribution is -2.08. The summed E-state index contributed by atoms with van der Waals surface area (Å²) < 4.78 is 1.21. The van der Waals surface area contributed by atoms with E-state index >= 15 is 0 Å². The summed E-state index contributed by atoms with van der Waals surface area (Å²) in [6, 6.07) is 4.46. The van der Waals surface area contributed by atoms with Crippen LogP contribution >= 0.6 is 0 Å². The number of carbonyl (C=O) groups is 2. The second-order valence-corrected chi connectivity index (χ2v) is 3.97. The smallest absolute Gasteiger partial charge is 0.341 e. The van der Waals surface area contributed by atoms with Crippen molar-refractivity contribution in [3.05, 3.63) is 41.1 Å². The molecular weight excluding hydrogens is 250 g/mol. The van der Waals surface area contributed by atoms with Crippen molar-refractivity contribution in [2.45, 2.75) is 6.92 Å². The normalized spacial score (nSPS) is 10.4. The molecule has 2 aromatic rings. The van der Waals surface area contributed by atoms with Crippen molar-refractivity contribution in [1.29, 1.82) is 0 Å². The van der Waals surface area contributed by atoms with Gasteiger partial charge in [-0.2, -0.15) is 5.10 Å². The molecule has 1 heterocycles. The maximum Gasteiger partial charge on any atom is 0.341 e. The van der Waals surface area contributed by atoms with Crippen LogP contribution in [0.15, 0.2) is 24.4 Å². The number of nitrogens with two attached hydrogens (primary N) is 1. The van der Waals surface area contributed by atoms with E-state index in [-0.39, 0.29) is 16.9 Å². The number of benzene rings is 1. The van der Waals surface area contributed by atoms with Crippen LogP contribution in [0.25, 0.3) is 5.69 Å². The number of hydrogen-bond donors (Lipinski definition) is 3. The summed E-state index contributed by atoms with van der Waals surface area (Å²) in [6.07, 6.45) is 1.13. The monoisotopic (exact) mass is 261 g/mol. The van der Waals surface area contributed by atoms with Gasteiger partial charge in [0.15, 0.2) is 0 Å². The van der Waals surface area contributed by atoms with Crippen LogP contribution in [0.4, 0.5) is 5.82 Å². The van der Waals surface area contributed by atoms with Gasteiger partial charge in [0.05, 0.1) is 17.4 Å². The minimum absolute atomic E-state index is 0.0434. The topological polar surface area (TPSA) is 118 Å². The summed E-state index contributed by atoms with van der Waals surface area (Å²) in [4.78, 5) is 21.8. The minimum atomic E-state index is -1.18. The molecule has 0 saturated heterocycles. The number of nitrogens with zero attached hydrogens (tertiary/aromatic N) is 2. The summed E-state index contributed by atoms with van der Waals surface area (Å²) in [6.45, 7) is 1.75. The molecule has 0 fully saturated rings. The highest BCUT2D eigenvalue weighted by atomic mass is 16.4. The van der Waals surface area contributed by atoms with Crippen LogP contribution in [0.2, 0.25) is 0 Å². The van der Waals surface area contributed by atoms with Crippen molar-refractivity contribution in [2.75, 3.05) is 5.73 Å². The fraction of sp³-hybridized carbons (Fsp3) is 0.0833. The largest absolute Gasteiger partial charge is 0.478 e. The molecule has 0 spiro atoms.